The molecule has 31 heavy (non-hydrogen) atoms. The van der Waals surface area contributed by atoms with Crippen LogP contribution in [0.1, 0.15) is 74.8 Å². The van der Waals surface area contributed by atoms with E-state index in [4.69, 9.17) is 4.74 Å². The molecule has 3 heterocycles. The second kappa shape index (κ2) is 8.78. The standard InChI is InChI=1S/C23H30N6O2/c1-31-18-11-10-16-14-19(23(30)24-20(16)15-18)21(28-12-6-2-3-7-13-28)22-25-26-27-29(22)17-8-4-5-9-17/h10-11,14-15,17,21H,2-9,12-13H2,1H3,(H,24,30)/t21-/m0/s1. The molecule has 1 saturated heterocycles. The number of ether oxygens (including phenoxy) is 1. The first-order valence-electron chi connectivity index (χ1n) is 11.5. The van der Waals surface area contributed by atoms with Crippen molar-refractivity contribution in [3.05, 3.63) is 46.0 Å². The molecule has 2 fully saturated rings. The van der Waals surface area contributed by atoms with E-state index < -0.39 is 0 Å². The van der Waals surface area contributed by atoms with Gasteiger partial charge in [-0.1, -0.05) is 25.7 Å². The van der Waals surface area contributed by atoms with Crippen LogP contribution in [0, 0.1) is 0 Å². The van der Waals surface area contributed by atoms with E-state index in [0.717, 1.165) is 61.2 Å². The van der Waals surface area contributed by atoms with Crippen molar-refractivity contribution in [1.29, 1.82) is 0 Å². The second-order valence-corrected chi connectivity index (χ2v) is 8.78. The highest BCUT2D eigenvalue weighted by molar-refractivity contribution is 5.80. The van der Waals surface area contributed by atoms with Crippen LogP contribution in [0.4, 0.5) is 0 Å². The molecule has 8 nitrogen and oxygen atoms in total. The molecule has 3 aromatic rings. The Kier molecular flexibility index (Phi) is 5.72. The molecule has 1 atom stereocenters. The second-order valence-electron chi connectivity index (χ2n) is 8.78. The Labute approximate surface area is 181 Å². The van der Waals surface area contributed by atoms with Gasteiger partial charge in [0.05, 0.1) is 18.7 Å². The fourth-order valence-electron chi connectivity index (χ4n) is 5.17. The van der Waals surface area contributed by atoms with Gasteiger partial charge < -0.3 is 9.72 Å². The topological polar surface area (TPSA) is 88.9 Å². The molecule has 0 amide bonds. The molecule has 5 rings (SSSR count). The number of tetrazole rings is 1. The number of nitrogens with one attached hydrogen (secondary N) is 1. The van der Waals surface area contributed by atoms with E-state index in [1.807, 2.05) is 28.9 Å². The highest BCUT2D eigenvalue weighted by Crippen LogP contribution is 2.34. The largest absolute Gasteiger partial charge is 0.497 e. The minimum absolute atomic E-state index is 0.0871. The van der Waals surface area contributed by atoms with Crippen LogP contribution < -0.4 is 10.3 Å². The zero-order valence-corrected chi connectivity index (χ0v) is 18.1. The van der Waals surface area contributed by atoms with Gasteiger partial charge in [-0.15, -0.1) is 5.10 Å². The smallest absolute Gasteiger partial charge is 0.253 e. The quantitative estimate of drug-likeness (QED) is 0.676. The van der Waals surface area contributed by atoms with Crippen molar-refractivity contribution < 1.29 is 4.74 Å². The lowest BCUT2D eigenvalue weighted by Gasteiger charge is -2.30. The number of aromatic nitrogens is 5. The first-order chi connectivity index (χ1) is 15.2. The number of aromatic amines is 1. The molecule has 1 saturated carbocycles. The number of methoxy groups -OCH3 is 1. The number of nitrogens with zero attached hydrogens (tertiary/aromatic N) is 5. The zero-order valence-electron chi connectivity index (χ0n) is 18.1. The number of pyridine rings is 1. The number of hydrogen-bond donors (Lipinski definition) is 1. The highest BCUT2D eigenvalue weighted by Gasteiger charge is 2.33. The average molecular weight is 423 g/mol. The Hall–Kier alpha value is -2.74. The lowest BCUT2D eigenvalue weighted by atomic mass is 10.0. The first-order valence-corrected chi connectivity index (χ1v) is 11.5. The normalized spacial score (nSPS) is 19.5. The van der Waals surface area contributed by atoms with Crippen molar-refractivity contribution >= 4 is 10.9 Å². The number of fused-ring (bicyclic) bond motifs is 1. The summed E-state index contributed by atoms with van der Waals surface area (Å²) < 4.78 is 7.32. The van der Waals surface area contributed by atoms with Crippen molar-refractivity contribution in [3.8, 4) is 5.75 Å². The van der Waals surface area contributed by atoms with E-state index in [2.05, 4.69) is 25.4 Å². The van der Waals surface area contributed by atoms with Gasteiger partial charge in [0.25, 0.3) is 5.56 Å². The van der Waals surface area contributed by atoms with E-state index in [0.29, 0.717) is 11.6 Å². The molecule has 0 bridgehead atoms. The van der Waals surface area contributed by atoms with Crippen LogP contribution in [0.3, 0.4) is 0 Å². The summed E-state index contributed by atoms with van der Waals surface area (Å²) in [4.78, 5) is 18.8. The summed E-state index contributed by atoms with van der Waals surface area (Å²) in [6, 6.07) is 7.87. The molecular weight excluding hydrogens is 392 g/mol. The van der Waals surface area contributed by atoms with Gasteiger partial charge in [0.15, 0.2) is 5.82 Å². The maximum atomic E-state index is 13.3. The Balaban J connectivity index is 1.63. The molecule has 0 radical (unpaired) electrons. The van der Waals surface area contributed by atoms with E-state index in [-0.39, 0.29) is 11.6 Å². The number of likely N-dealkylation sites (tertiary alicyclic amines) is 1. The third-order valence-corrected chi connectivity index (χ3v) is 6.82. The summed E-state index contributed by atoms with van der Waals surface area (Å²) >= 11 is 0. The predicted octanol–water partition coefficient (Wildman–Crippen LogP) is 3.60. The summed E-state index contributed by atoms with van der Waals surface area (Å²) in [6.07, 6.45) is 9.31. The predicted molar refractivity (Wildman–Crippen MR) is 118 cm³/mol. The zero-order chi connectivity index (χ0) is 21.2. The van der Waals surface area contributed by atoms with Crippen molar-refractivity contribution in [2.24, 2.45) is 0 Å². The first kappa shape index (κ1) is 20.2. The Morgan fingerprint density at radius 3 is 2.58 bits per heavy atom. The van der Waals surface area contributed by atoms with Crippen molar-refractivity contribution in [2.45, 2.75) is 63.5 Å². The van der Waals surface area contributed by atoms with Gasteiger partial charge in [0.2, 0.25) is 0 Å². The molecule has 2 aromatic heterocycles. The maximum absolute atomic E-state index is 13.3. The summed E-state index contributed by atoms with van der Waals surface area (Å²) in [7, 11) is 1.63. The number of hydrogen-bond acceptors (Lipinski definition) is 6. The van der Waals surface area contributed by atoms with Gasteiger partial charge in [0, 0.05) is 11.6 Å². The summed E-state index contributed by atoms with van der Waals surface area (Å²) in [5.74, 6) is 1.53. The third-order valence-electron chi connectivity index (χ3n) is 6.82. The molecular formula is C23H30N6O2. The Bertz CT molecular complexity index is 1090. The van der Waals surface area contributed by atoms with Crippen LogP contribution in [0.2, 0.25) is 0 Å². The summed E-state index contributed by atoms with van der Waals surface area (Å²) in [5, 5.41) is 13.9. The maximum Gasteiger partial charge on any atom is 0.253 e. The van der Waals surface area contributed by atoms with Gasteiger partial charge in [0.1, 0.15) is 11.8 Å². The molecule has 1 N–H and O–H groups in total. The van der Waals surface area contributed by atoms with E-state index in [1.54, 1.807) is 7.11 Å². The van der Waals surface area contributed by atoms with Gasteiger partial charge in [-0.2, -0.15) is 0 Å². The number of H-pyrrole nitrogens is 1. The minimum Gasteiger partial charge on any atom is -0.497 e. The molecule has 1 aromatic carbocycles. The molecule has 0 spiro atoms. The number of rotatable bonds is 5. The van der Waals surface area contributed by atoms with Crippen LogP contribution in [-0.4, -0.2) is 50.3 Å². The van der Waals surface area contributed by atoms with E-state index in [1.165, 1.54) is 25.7 Å². The fourth-order valence-corrected chi connectivity index (χ4v) is 5.17. The summed E-state index contributed by atoms with van der Waals surface area (Å²) in [6.45, 7) is 1.89. The van der Waals surface area contributed by atoms with Crippen LogP contribution in [-0.2, 0) is 0 Å². The average Bonchev–Trinajstić information content (AvgIpc) is 3.41. The van der Waals surface area contributed by atoms with Crippen LogP contribution in [0.15, 0.2) is 29.1 Å². The number of benzene rings is 1. The van der Waals surface area contributed by atoms with E-state index in [9.17, 15) is 4.79 Å². The molecule has 0 unspecified atom stereocenters. The van der Waals surface area contributed by atoms with Crippen LogP contribution >= 0.6 is 0 Å². The molecule has 1 aliphatic carbocycles. The Morgan fingerprint density at radius 2 is 1.84 bits per heavy atom. The Morgan fingerprint density at radius 1 is 1.06 bits per heavy atom. The lowest BCUT2D eigenvalue weighted by Crippen LogP contribution is -2.36. The van der Waals surface area contributed by atoms with Crippen molar-refractivity contribution in [3.63, 3.8) is 0 Å². The van der Waals surface area contributed by atoms with E-state index >= 15 is 0 Å². The van der Waals surface area contributed by atoms with Gasteiger partial charge >= 0.3 is 0 Å². The van der Waals surface area contributed by atoms with Crippen molar-refractivity contribution in [1.82, 2.24) is 30.1 Å². The molecule has 2 aliphatic rings. The van der Waals surface area contributed by atoms with Crippen molar-refractivity contribution in [2.75, 3.05) is 20.2 Å². The molecule has 164 valence electrons. The van der Waals surface area contributed by atoms with Gasteiger partial charge in [-0.3, -0.25) is 9.69 Å². The fraction of sp³-hybridized carbons (Fsp3) is 0.565. The molecule has 1 aliphatic heterocycles. The molecule has 8 heteroatoms. The third kappa shape index (κ3) is 3.96. The lowest BCUT2D eigenvalue weighted by molar-refractivity contribution is 0.216. The minimum atomic E-state index is -0.246. The highest BCUT2D eigenvalue weighted by atomic mass is 16.5. The van der Waals surface area contributed by atoms with Gasteiger partial charge in [-0.05, 0) is 72.8 Å². The van der Waals surface area contributed by atoms with Gasteiger partial charge in [-0.25, -0.2) is 4.68 Å². The van der Waals surface area contributed by atoms with Crippen LogP contribution in [0.25, 0.3) is 10.9 Å². The SMILES string of the molecule is COc1ccc2cc([C@@H](c3nnnn3C3CCCC3)N3CCCCCC3)c(=O)[nH]c2c1. The summed E-state index contributed by atoms with van der Waals surface area (Å²) in [5.41, 5.74) is 1.41. The van der Waals surface area contributed by atoms with Crippen LogP contribution in [0.5, 0.6) is 5.75 Å². The monoisotopic (exact) mass is 422 g/mol.